The molecule has 2 atom stereocenters. The molecule has 2 heterocycles. The zero-order valence-electron chi connectivity index (χ0n) is 13.7. The Balaban J connectivity index is 1.62. The van der Waals surface area contributed by atoms with E-state index >= 15 is 0 Å². The lowest BCUT2D eigenvalue weighted by Crippen LogP contribution is -2.37. The van der Waals surface area contributed by atoms with E-state index in [2.05, 4.69) is 101 Å². The zero-order valence-corrected chi connectivity index (χ0v) is 13.7. The maximum Gasteiger partial charge on any atom is 0.106 e. The summed E-state index contributed by atoms with van der Waals surface area (Å²) in [5, 5.41) is 8.70. The fraction of sp³-hybridized carbons (Fsp3) is 0.0909. The molecule has 0 saturated carbocycles. The monoisotopic (exact) mass is 325 g/mol. The van der Waals surface area contributed by atoms with Crippen molar-refractivity contribution < 1.29 is 0 Å². The number of benzene rings is 3. The minimum absolute atomic E-state index is 0.0521. The molecular weight excluding hydrogens is 306 g/mol. The Bertz CT molecular complexity index is 1020. The van der Waals surface area contributed by atoms with Gasteiger partial charge in [0.2, 0.25) is 0 Å². The van der Waals surface area contributed by atoms with Crippen LogP contribution in [0.5, 0.6) is 0 Å². The van der Waals surface area contributed by atoms with Crippen LogP contribution in [0.2, 0.25) is 0 Å². The first-order valence-electron chi connectivity index (χ1n) is 8.62. The maximum atomic E-state index is 3.79. The minimum atomic E-state index is 0.0521. The molecule has 0 radical (unpaired) electrons. The fourth-order valence-electron chi connectivity index (χ4n) is 3.76. The average Bonchev–Trinajstić information content (AvgIpc) is 3.12. The summed E-state index contributed by atoms with van der Waals surface area (Å²) in [6.45, 7) is 0. The van der Waals surface area contributed by atoms with Crippen molar-refractivity contribution in [3.05, 3.63) is 102 Å². The van der Waals surface area contributed by atoms with Crippen molar-refractivity contribution in [1.82, 2.24) is 10.3 Å². The normalized spacial score (nSPS) is 19.4. The van der Waals surface area contributed by atoms with Crippen molar-refractivity contribution in [2.45, 2.75) is 12.2 Å². The van der Waals surface area contributed by atoms with E-state index in [1.54, 1.807) is 0 Å². The predicted octanol–water partition coefficient (Wildman–Crippen LogP) is 4.97. The van der Waals surface area contributed by atoms with Crippen LogP contribution in [0.1, 0.15) is 28.9 Å². The van der Waals surface area contributed by atoms with Crippen molar-refractivity contribution in [3.8, 4) is 0 Å². The summed E-state index contributed by atoms with van der Waals surface area (Å²) in [5.41, 5.74) is 6.15. The fourth-order valence-corrected chi connectivity index (χ4v) is 3.76. The van der Waals surface area contributed by atoms with Crippen molar-refractivity contribution in [1.29, 1.82) is 0 Å². The van der Waals surface area contributed by atoms with Gasteiger partial charge in [-0.05, 0) is 23.3 Å². The highest BCUT2D eigenvalue weighted by atomic mass is 15.2. The number of aromatic nitrogens is 1. The van der Waals surface area contributed by atoms with Crippen molar-refractivity contribution in [3.63, 3.8) is 0 Å². The van der Waals surface area contributed by atoms with Crippen LogP contribution in [-0.2, 0) is 0 Å². The molecule has 1 aromatic heterocycles. The molecule has 1 aliphatic rings. The quantitative estimate of drug-likeness (QED) is 0.487. The Morgan fingerprint density at radius 3 is 2.36 bits per heavy atom. The van der Waals surface area contributed by atoms with Gasteiger partial charge in [-0.15, -0.1) is 0 Å². The van der Waals surface area contributed by atoms with Gasteiger partial charge >= 0.3 is 0 Å². The number of fused-ring (bicyclic) bond motifs is 2. The van der Waals surface area contributed by atoms with Crippen LogP contribution >= 0.6 is 0 Å². The van der Waals surface area contributed by atoms with E-state index in [1.165, 1.54) is 27.8 Å². The lowest BCUT2D eigenvalue weighted by Gasteiger charge is -2.35. The molecule has 0 spiro atoms. The second-order valence-corrected chi connectivity index (χ2v) is 6.46. The average molecular weight is 325 g/mol. The van der Waals surface area contributed by atoms with E-state index in [-0.39, 0.29) is 12.2 Å². The number of para-hydroxylation sites is 2. The van der Waals surface area contributed by atoms with Crippen LogP contribution in [-0.4, -0.2) is 4.98 Å². The molecule has 0 unspecified atom stereocenters. The highest BCUT2D eigenvalue weighted by Gasteiger charge is 2.28. The summed E-state index contributed by atoms with van der Waals surface area (Å²) < 4.78 is 0. The van der Waals surface area contributed by atoms with Crippen LogP contribution in [0.15, 0.2) is 85.1 Å². The molecule has 0 bridgehead atoms. The summed E-state index contributed by atoms with van der Waals surface area (Å²) in [7, 11) is 0. The highest BCUT2D eigenvalue weighted by Crippen LogP contribution is 2.37. The lowest BCUT2D eigenvalue weighted by atomic mass is 9.93. The highest BCUT2D eigenvalue weighted by molar-refractivity contribution is 5.84. The Hall–Kier alpha value is -3.04. The Labute approximate surface area is 146 Å². The summed E-state index contributed by atoms with van der Waals surface area (Å²) in [4.78, 5) is 3.38. The van der Waals surface area contributed by atoms with Crippen molar-refractivity contribution in [2.24, 2.45) is 0 Å². The SMILES string of the molecule is c1ccc([C@@H]2N[C@@H](c3c[nH]c4ccccc34)Nc3ccccc32)cc1. The second kappa shape index (κ2) is 5.80. The molecule has 3 aromatic carbocycles. The molecule has 3 heteroatoms. The summed E-state index contributed by atoms with van der Waals surface area (Å²) >= 11 is 0. The van der Waals surface area contributed by atoms with E-state index in [9.17, 15) is 0 Å². The molecule has 0 fully saturated rings. The molecule has 4 aromatic rings. The van der Waals surface area contributed by atoms with Gasteiger partial charge in [0.05, 0.1) is 6.04 Å². The smallest absolute Gasteiger partial charge is 0.106 e. The van der Waals surface area contributed by atoms with Gasteiger partial charge in [-0.1, -0.05) is 66.7 Å². The number of aromatic amines is 1. The van der Waals surface area contributed by atoms with E-state index in [0.29, 0.717) is 0 Å². The van der Waals surface area contributed by atoms with E-state index in [4.69, 9.17) is 0 Å². The predicted molar refractivity (Wildman–Crippen MR) is 103 cm³/mol. The topological polar surface area (TPSA) is 39.9 Å². The van der Waals surface area contributed by atoms with E-state index in [0.717, 1.165) is 5.52 Å². The number of nitrogens with one attached hydrogen (secondary N) is 3. The van der Waals surface area contributed by atoms with Crippen LogP contribution in [0.4, 0.5) is 5.69 Å². The molecule has 25 heavy (non-hydrogen) atoms. The molecule has 3 N–H and O–H groups in total. The number of hydrogen-bond acceptors (Lipinski definition) is 2. The minimum Gasteiger partial charge on any atom is -0.366 e. The van der Waals surface area contributed by atoms with Gasteiger partial charge in [0.15, 0.2) is 0 Å². The van der Waals surface area contributed by atoms with Crippen molar-refractivity contribution >= 4 is 16.6 Å². The van der Waals surface area contributed by atoms with Gasteiger partial charge in [0.25, 0.3) is 0 Å². The summed E-state index contributed by atoms with van der Waals surface area (Å²) in [6.07, 6.45) is 2.15. The first-order valence-corrected chi connectivity index (χ1v) is 8.62. The van der Waals surface area contributed by atoms with Crippen LogP contribution in [0.25, 0.3) is 10.9 Å². The Kier molecular flexibility index (Phi) is 3.32. The first-order chi connectivity index (χ1) is 12.4. The Morgan fingerprint density at radius 1 is 0.680 bits per heavy atom. The first kappa shape index (κ1) is 14.3. The standard InChI is InChI=1S/C22H19N3/c1-2-8-15(9-3-1)21-17-11-5-7-13-20(17)24-22(25-21)18-14-23-19-12-6-4-10-16(18)19/h1-14,21-25H/t21-,22-/m0/s1. The number of H-pyrrole nitrogens is 1. The molecule has 5 rings (SSSR count). The zero-order chi connectivity index (χ0) is 16.6. The molecule has 3 nitrogen and oxygen atoms in total. The molecule has 0 amide bonds. The van der Waals surface area contributed by atoms with E-state index < -0.39 is 0 Å². The summed E-state index contributed by atoms with van der Waals surface area (Å²) in [5.74, 6) is 0. The van der Waals surface area contributed by atoms with Gasteiger partial charge in [-0.3, -0.25) is 5.32 Å². The van der Waals surface area contributed by atoms with Gasteiger partial charge in [0.1, 0.15) is 6.17 Å². The Morgan fingerprint density at radius 2 is 1.44 bits per heavy atom. The third-order valence-corrected chi connectivity index (χ3v) is 4.97. The molecular formula is C22H19N3. The molecule has 0 saturated heterocycles. The van der Waals surface area contributed by atoms with Crippen molar-refractivity contribution in [2.75, 3.05) is 5.32 Å². The lowest BCUT2D eigenvalue weighted by molar-refractivity contribution is 0.508. The van der Waals surface area contributed by atoms with Gasteiger partial charge in [-0.2, -0.15) is 0 Å². The second-order valence-electron chi connectivity index (χ2n) is 6.46. The van der Waals surface area contributed by atoms with Gasteiger partial charge in [0, 0.05) is 28.4 Å². The number of anilines is 1. The van der Waals surface area contributed by atoms with Gasteiger partial charge < -0.3 is 10.3 Å². The van der Waals surface area contributed by atoms with Crippen LogP contribution in [0, 0.1) is 0 Å². The van der Waals surface area contributed by atoms with E-state index in [1.807, 2.05) is 0 Å². The third kappa shape index (κ3) is 2.41. The largest absolute Gasteiger partial charge is 0.366 e. The summed E-state index contributed by atoms with van der Waals surface area (Å²) in [6, 6.07) is 27.8. The molecule has 1 aliphatic heterocycles. The van der Waals surface area contributed by atoms with Gasteiger partial charge in [-0.25, -0.2) is 0 Å². The van der Waals surface area contributed by atoms with Crippen LogP contribution < -0.4 is 10.6 Å². The van der Waals surface area contributed by atoms with Crippen LogP contribution in [0.3, 0.4) is 0 Å². The number of hydrogen-bond donors (Lipinski definition) is 3. The third-order valence-electron chi connectivity index (χ3n) is 4.97. The molecule has 122 valence electrons. The maximum absolute atomic E-state index is 3.79. The number of rotatable bonds is 2. The molecule has 0 aliphatic carbocycles.